The molecule has 0 fully saturated rings. The van der Waals surface area contributed by atoms with Crippen molar-refractivity contribution < 1.29 is 5.11 Å². The first-order valence-electron chi connectivity index (χ1n) is 6.80. The predicted octanol–water partition coefficient (Wildman–Crippen LogP) is 4.24. The van der Waals surface area contributed by atoms with Gasteiger partial charge in [-0.3, -0.25) is 0 Å². The number of halogens is 1. The molecule has 0 amide bonds. The largest absolute Gasteiger partial charge is 0.392 e. The van der Waals surface area contributed by atoms with Gasteiger partial charge in [-0.2, -0.15) is 0 Å². The molecule has 1 N–H and O–H groups in total. The first-order chi connectivity index (χ1) is 8.65. The second-order valence-electron chi connectivity index (χ2n) is 4.70. The van der Waals surface area contributed by atoms with E-state index in [4.69, 9.17) is 11.6 Å². The van der Waals surface area contributed by atoms with E-state index in [1.165, 1.54) is 6.42 Å². The van der Waals surface area contributed by atoms with Crippen molar-refractivity contribution in [3.8, 4) is 0 Å². The predicted molar refractivity (Wildman–Crippen MR) is 79.4 cm³/mol. The maximum atomic E-state index is 9.52. The third-order valence-electron chi connectivity index (χ3n) is 3.44. The van der Waals surface area contributed by atoms with E-state index >= 15 is 0 Å². The highest BCUT2D eigenvalue weighted by Gasteiger charge is 2.17. The molecule has 0 aliphatic heterocycles. The van der Waals surface area contributed by atoms with Crippen molar-refractivity contribution in [1.29, 1.82) is 0 Å². The Bertz CT molecular complexity index is 368. The third-order valence-corrected chi connectivity index (χ3v) is 3.79. The van der Waals surface area contributed by atoms with E-state index in [1.54, 1.807) is 0 Å². The van der Waals surface area contributed by atoms with Crippen molar-refractivity contribution in [2.75, 3.05) is 11.4 Å². The molecule has 1 unspecified atom stereocenters. The van der Waals surface area contributed by atoms with Gasteiger partial charge in [0.25, 0.3) is 0 Å². The lowest BCUT2D eigenvalue weighted by Gasteiger charge is -2.32. The maximum absolute atomic E-state index is 9.52. The fraction of sp³-hybridized carbons (Fsp3) is 0.600. The van der Waals surface area contributed by atoms with Crippen LogP contribution < -0.4 is 4.90 Å². The minimum Gasteiger partial charge on any atom is -0.392 e. The molecule has 0 saturated carbocycles. The molecule has 18 heavy (non-hydrogen) atoms. The van der Waals surface area contributed by atoms with Crippen LogP contribution in [0.5, 0.6) is 0 Å². The van der Waals surface area contributed by atoms with Gasteiger partial charge in [-0.1, -0.05) is 37.9 Å². The van der Waals surface area contributed by atoms with Crippen LogP contribution in [0.15, 0.2) is 18.2 Å². The van der Waals surface area contributed by atoms with E-state index in [9.17, 15) is 5.11 Å². The second-order valence-corrected chi connectivity index (χ2v) is 5.11. The van der Waals surface area contributed by atoms with Gasteiger partial charge in [-0.15, -0.1) is 0 Å². The molecular weight excluding hydrogens is 246 g/mol. The molecular formula is C15H24ClNO. The summed E-state index contributed by atoms with van der Waals surface area (Å²) in [6, 6.07) is 6.31. The van der Waals surface area contributed by atoms with Gasteiger partial charge in [-0.05, 0) is 31.9 Å². The zero-order valence-corrected chi connectivity index (χ0v) is 12.4. The van der Waals surface area contributed by atoms with Crippen LogP contribution in [-0.4, -0.2) is 17.7 Å². The van der Waals surface area contributed by atoms with E-state index in [-0.39, 0.29) is 6.61 Å². The van der Waals surface area contributed by atoms with Gasteiger partial charge in [0.2, 0.25) is 0 Å². The van der Waals surface area contributed by atoms with Crippen LogP contribution in [-0.2, 0) is 6.61 Å². The van der Waals surface area contributed by atoms with Crippen molar-refractivity contribution >= 4 is 17.3 Å². The Kier molecular flexibility index (Phi) is 6.51. The number of hydrogen-bond donors (Lipinski definition) is 1. The van der Waals surface area contributed by atoms with Crippen LogP contribution in [0.1, 0.15) is 45.6 Å². The van der Waals surface area contributed by atoms with E-state index in [1.807, 2.05) is 12.1 Å². The van der Waals surface area contributed by atoms with Crippen LogP contribution in [0.4, 0.5) is 5.69 Å². The Labute approximate surface area is 116 Å². The Balaban J connectivity index is 3.07. The van der Waals surface area contributed by atoms with Crippen LogP contribution in [0.25, 0.3) is 0 Å². The molecule has 0 heterocycles. The summed E-state index contributed by atoms with van der Waals surface area (Å²) < 4.78 is 0. The fourth-order valence-electron chi connectivity index (χ4n) is 2.10. The lowest BCUT2D eigenvalue weighted by atomic mass is 10.1. The molecule has 0 radical (unpaired) electrons. The number of anilines is 1. The molecule has 1 aromatic rings. The molecule has 3 heteroatoms. The van der Waals surface area contributed by atoms with E-state index in [0.29, 0.717) is 11.1 Å². The van der Waals surface area contributed by atoms with Crippen LogP contribution in [0.2, 0.25) is 5.02 Å². The summed E-state index contributed by atoms with van der Waals surface area (Å²) in [5.74, 6) is 0. The zero-order valence-electron chi connectivity index (χ0n) is 11.6. The topological polar surface area (TPSA) is 23.5 Å². The number of rotatable bonds is 7. The van der Waals surface area contributed by atoms with Crippen LogP contribution >= 0.6 is 11.6 Å². The molecule has 0 aliphatic rings. The standard InChI is InChI=1S/C15H24ClNO/c1-4-6-10-17(12(3)5-2)15-9-7-8-14(16)13(15)11-18/h7-9,12,18H,4-6,10-11H2,1-3H3. The van der Waals surface area contributed by atoms with E-state index < -0.39 is 0 Å². The van der Waals surface area contributed by atoms with Gasteiger partial charge < -0.3 is 10.0 Å². The van der Waals surface area contributed by atoms with E-state index in [0.717, 1.165) is 30.6 Å². The number of aliphatic hydroxyl groups excluding tert-OH is 1. The summed E-state index contributed by atoms with van der Waals surface area (Å²) in [4.78, 5) is 2.36. The summed E-state index contributed by atoms with van der Waals surface area (Å²) >= 11 is 6.17. The molecule has 0 aliphatic carbocycles. The summed E-state index contributed by atoms with van der Waals surface area (Å²) in [7, 11) is 0. The molecule has 0 saturated heterocycles. The van der Waals surface area contributed by atoms with Gasteiger partial charge in [0.1, 0.15) is 0 Å². The molecule has 102 valence electrons. The van der Waals surface area contributed by atoms with Crippen LogP contribution in [0, 0.1) is 0 Å². The van der Waals surface area contributed by atoms with Crippen molar-refractivity contribution in [1.82, 2.24) is 0 Å². The Hall–Kier alpha value is -0.730. The normalized spacial score (nSPS) is 12.5. The second kappa shape index (κ2) is 7.65. The number of aliphatic hydroxyl groups is 1. The molecule has 0 bridgehead atoms. The molecule has 0 aromatic heterocycles. The number of nitrogens with zero attached hydrogens (tertiary/aromatic N) is 1. The molecule has 1 aromatic carbocycles. The summed E-state index contributed by atoms with van der Waals surface area (Å²) in [5.41, 5.74) is 1.92. The van der Waals surface area contributed by atoms with E-state index in [2.05, 4.69) is 31.7 Å². The zero-order chi connectivity index (χ0) is 13.5. The monoisotopic (exact) mass is 269 g/mol. The summed E-state index contributed by atoms with van der Waals surface area (Å²) in [6.45, 7) is 7.61. The Morgan fingerprint density at radius 2 is 2.06 bits per heavy atom. The number of hydrogen-bond acceptors (Lipinski definition) is 2. The highest BCUT2D eigenvalue weighted by molar-refractivity contribution is 6.31. The molecule has 1 rings (SSSR count). The lowest BCUT2D eigenvalue weighted by Crippen LogP contribution is -2.34. The maximum Gasteiger partial charge on any atom is 0.0716 e. The fourth-order valence-corrected chi connectivity index (χ4v) is 2.33. The highest BCUT2D eigenvalue weighted by Crippen LogP contribution is 2.29. The van der Waals surface area contributed by atoms with Gasteiger partial charge >= 0.3 is 0 Å². The molecule has 0 spiro atoms. The van der Waals surface area contributed by atoms with Gasteiger partial charge in [-0.25, -0.2) is 0 Å². The highest BCUT2D eigenvalue weighted by atomic mass is 35.5. The minimum absolute atomic E-state index is 0.00589. The van der Waals surface area contributed by atoms with Crippen LogP contribution in [0.3, 0.4) is 0 Å². The quantitative estimate of drug-likeness (QED) is 0.800. The summed E-state index contributed by atoms with van der Waals surface area (Å²) in [6.07, 6.45) is 3.41. The number of unbranched alkanes of at least 4 members (excludes halogenated alkanes) is 1. The van der Waals surface area contributed by atoms with Gasteiger partial charge in [0, 0.05) is 28.9 Å². The number of benzene rings is 1. The minimum atomic E-state index is -0.00589. The van der Waals surface area contributed by atoms with Crippen molar-refractivity contribution in [2.45, 2.75) is 52.7 Å². The van der Waals surface area contributed by atoms with Gasteiger partial charge in [0.15, 0.2) is 0 Å². The van der Waals surface area contributed by atoms with Gasteiger partial charge in [0.05, 0.1) is 6.61 Å². The average Bonchev–Trinajstić information content (AvgIpc) is 2.39. The smallest absolute Gasteiger partial charge is 0.0716 e. The summed E-state index contributed by atoms with van der Waals surface area (Å²) in [5, 5.41) is 10.2. The first kappa shape index (κ1) is 15.3. The van der Waals surface area contributed by atoms with Crippen molar-refractivity contribution in [3.05, 3.63) is 28.8 Å². The Morgan fingerprint density at radius 3 is 2.61 bits per heavy atom. The van der Waals surface area contributed by atoms with Crippen molar-refractivity contribution in [2.24, 2.45) is 0 Å². The van der Waals surface area contributed by atoms with Crippen molar-refractivity contribution in [3.63, 3.8) is 0 Å². The SMILES string of the molecule is CCCCN(c1cccc(Cl)c1CO)C(C)CC. The Morgan fingerprint density at radius 1 is 1.33 bits per heavy atom. The first-order valence-corrected chi connectivity index (χ1v) is 7.18. The molecule has 1 atom stereocenters. The lowest BCUT2D eigenvalue weighted by molar-refractivity contribution is 0.282. The average molecular weight is 270 g/mol. The third kappa shape index (κ3) is 3.63. The molecule has 2 nitrogen and oxygen atoms in total.